The van der Waals surface area contributed by atoms with E-state index in [2.05, 4.69) is 13.2 Å². The standard InChI is InChI=1S/C40H50Cl2O19/c1-13-18(3)33(44)28-15-16-29(32(42)31(28)41)53-17-30(43)55-22(7)35(46)57-24(9)37(48)59-26(11)39(50)61-27(12)40(51)60-25(10)38(49)58-23(8)36(47)56-20(5)19(4)54-21(6)34(45)52-14-2/h15-16,20-27H,3-4,13-14,17H2,1-2,5-12H3. The summed E-state index contributed by atoms with van der Waals surface area (Å²) in [5, 5.41) is -0.265. The Balaban J connectivity index is 2.57. The highest BCUT2D eigenvalue weighted by molar-refractivity contribution is 6.45. The van der Waals surface area contributed by atoms with E-state index < -0.39 is 109 Å². The lowest BCUT2D eigenvalue weighted by Crippen LogP contribution is -2.39. The Kier molecular flexibility index (Phi) is 22.0. The summed E-state index contributed by atoms with van der Waals surface area (Å²) in [6.07, 6.45) is -11.2. The molecule has 1 aromatic rings. The van der Waals surface area contributed by atoms with Gasteiger partial charge in [0.25, 0.3) is 0 Å². The van der Waals surface area contributed by atoms with Crippen molar-refractivity contribution in [1.82, 2.24) is 0 Å². The van der Waals surface area contributed by atoms with Crippen molar-refractivity contribution in [1.29, 1.82) is 0 Å². The maximum Gasteiger partial charge on any atom is 0.347 e. The summed E-state index contributed by atoms with van der Waals surface area (Å²) in [7, 11) is 0. The average Bonchev–Trinajstić information content (AvgIpc) is 3.20. The lowest BCUT2D eigenvalue weighted by Gasteiger charge is -2.22. The van der Waals surface area contributed by atoms with Gasteiger partial charge in [0.05, 0.1) is 11.6 Å². The first-order chi connectivity index (χ1) is 28.4. The molecule has 8 unspecified atom stereocenters. The van der Waals surface area contributed by atoms with Crippen LogP contribution >= 0.6 is 23.2 Å². The molecule has 8 atom stereocenters. The Morgan fingerprint density at radius 2 is 0.869 bits per heavy atom. The minimum atomic E-state index is -1.64. The van der Waals surface area contributed by atoms with Gasteiger partial charge in [-0.2, -0.15) is 0 Å². The molecule has 0 N–H and O–H groups in total. The predicted octanol–water partition coefficient (Wildman–Crippen LogP) is 4.52. The zero-order valence-corrected chi connectivity index (χ0v) is 36.8. The van der Waals surface area contributed by atoms with Gasteiger partial charge in [0.2, 0.25) is 0 Å². The Bertz CT molecular complexity index is 1840. The van der Waals surface area contributed by atoms with Gasteiger partial charge < -0.3 is 47.4 Å². The molecule has 0 heterocycles. The van der Waals surface area contributed by atoms with Gasteiger partial charge in [-0.3, -0.25) is 4.79 Å². The first-order valence-corrected chi connectivity index (χ1v) is 19.4. The highest BCUT2D eigenvalue weighted by Gasteiger charge is 2.33. The van der Waals surface area contributed by atoms with Crippen LogP contribution < -0.4 is 4.74 Å². The van der Waals surface area contributed by atoms with Crippen LogP contribution in [0.3, 0.4) is 0 Å². The molecule has 61 heavy (non-hydrogen) atoms. The Hall–Kier alpha value is -5.69. The van der Waals surface area contributed by atoms with Crippen molar-refractivity contribution in [3.05, 3.63) is 52.2 Å². The molecule has 0 fully saturated rings. The van der Waals surface area contributed by atoms with Gasteiger partial charge in [-0.1, -0.05) is 43.3 Å². The molecule has 1 aromatic carbocycles. The van der Waals surface area contributed by atoms with E-state index in [4.69, 9.17) is 70.6 Å². The second-order valence-corrected chi connectivity index (χ2v) is 13.7. The number of halogens is 2. The molecule has 338 valence electrons. The number of hydrogen-bond acceptors (Lipinski definition) is 19. The summed E-state index contributed by atoms with van der Waals surface area (Å²) in [5.41, 5.74) is 0.395. The number of ketones is 1. The molecule has 21 heteroatoms. The van der Waals surface area contributed by atoms with E-state index in [1.165, 1.54) is 32.9 Å². The Morgan fingerprint density at radius 3 is 1.25 bits per heavy atom. The highest BCUT2D eigenvalue weighted by Crippen LogP contribution is 2.36. The van der Waals surface area contributed by atoms with Crippen LogP contribution in [0.5, 0.6) is 5.75 Å². The van der Waals surface area contributed by atoms with Crippen molar-refractivity contribution in [3.63, 3.8) is 0 Å². The van der Waals surface area contributed by atoms with Crippen molar-refractivity contribution in [2.45, 2.75) is 124 Å². The minimum Gasteiger partial charge on any atom is -0.480 e. The minimum absolute atomic E-state index is 0.0551. The molecule has 0 aliphatic rings. The quantitative estimate of drug-likeness (QED) is 0.0455. The van der Waals surface area contributed by atoms with Crippen LogP contribution in [0, 0.1) is 0 Å². The van der Waals surface area contributed by atoms with Gasteiger partial charge in [-0.15, -0.1) is 0 Å². The SMILES string of the molecule is C=C(CC)C(=O)c1ccc(OCC(=O)OC(C)C(=O)OC(C)C(=O)OC(C)C(=O)OC(C)C(=O)OC(C)C(=O)OC(C)C(=O)OC(C)C(=C)OC(C)C(=O)OCC)c(Cl)c1Cl. The highest BCUT2D eigenvalue weighted by atomic mass is 35.5. The second kappa shape index (κ2) is 25.2. The van der Waals surface area contributed by atoms with Gasteiger partial charge in [0.1, 0.15) is 16.5 Å². The smallest absolute Gasteiger partial charge is 0.347 e. The van der Waals surface area contributed by atoms with E-state index in [0.29, 0.717) is 12.0 Å². The van der Waals surface area contributed by atoms with E-state index in [9.17, 15) is 43.2 Å². The molecule has 0 spiro atoms. The maximum atomic E-state index is 12.6. The van der Waals surface area contributed by atoms with Gasteiger partial charge in [0.15, 0.2) is 61.2 Å². The van der Waals surface area contributed by atoms with Crippen LogP contribution in [0.2, 0.25) is 10.0 Å². The summed E-state index contributed by atoms with van der Waals surface area (Å²) in [4.78, 5) is 112. The topological polar surface area (TPSA) is 246 Å². The number of Topliss-reactive ketones (excluding diaryl/α,β-unsaturated/α-hetero) is 1. The molecule has 0 aliphatic heterocycles. The number of allylic oxidation sites excluding steroid dienone is 1. The monoisotopic (exact) mass is 904 g/mol. The molecule has 0 saturated carbocycles. The molecular weight excluding hydrogens is 855 g/mol. The lowest BCUT2D eigenvalue weighted by molar-refractivity contribution is -0.188. The number of rotatable bonds is 24. The van der Waals surface area contributed by atoms with Gasteiger partial charge in [-0.05, 0) is 86.4 Å². The summed E-state index contributed by atoms with van der Waals surface area (Å²) < 4.78 is 50.4. The van der Waals surface area contributed by atoms with Crippen molar-refractivity contribution in [3.8, 4) is 5.75 Å². The van der Waals surface area contributed by atoms with Crippen LogP contribution in [0.1, 0.15) is 86.0 Å². The third-order valence-electron chi connectivity index (χ3n) is 7.84. The molecule has 0 bridgehead atoms. The third kappa shape index (κ3) is 17.1. The largest absolute Gasteiger partial charge is 0.480 e. The lowest BCUT2D eigenvalue weighted by atomic mass is 10.0. The first kappa shape index (κ1) is 53.3. The van der Waals surface area contributed by atoms with Crippen molar-refractivity contribution >= 4 is 76.7 Å². The van der Waals surface area contributed by atoms with E-state index in [1.807, 2.05) is 0 Å². The number of ether oxygens (including phenoxy) is 10. The van der Waals surface area contributed by atoms with Gasteiger partial charge >= 0.3 is 47.8 Å². The van der Waals surface area contributed by atoms with Crippen molar-refractivity contribution < 1.29 is 90.5 Å². The fourth-order valence-corrected chi connectivity index (χ4v) is 4.60. The maximum absolute atomic E-state index is 12.6. The number of carbonyl (C=O) groups excluding carboxylic acids is 9. The van der Waals surface area contributed by atoms with Crippen LogP contribution in [0.25, 0.3) is 0 Å². The molecule has 0 aliphatic carbocycles. The van der Waals surface area contributed by atoms with Gasteiger partial charge in [-0.25, -0.2) is 38.4 Å². The fourth-order valence-electron chi connectivity index (χ4n) is 4.14. The van der Waals surface area contributed by atoms with Gasteiger partial charge in [0, 0.05) is 5.56 Å². The number of esters is 8. The van der Waals surface area contributed by atoms with E-state index in [-0.39, 0.29) is 33.7 Å². The molecule has 0 amide bonds. The second-order valence-electron chi connectivity index (χ2n) is 12.9. The Labute approximate surface area is 362 Å². The summed E-state index contributed by atoms with van der Waals surface area (Å²) in [5.74, 6) is -9.26. The molecule has 19 nitrogen and oxygen atoms in total. The molecule has 1 rings (SSSR count). The first-order valence-electron chi connectivity index (χ1n) is 18.6. The molecule has 0 saturated heterocycles. The zero-order chi connectivity index (χ0) is 46.9. The molecule has 0 aromatic heterocycles. The zero-order valence-electron chi connectivity index (χ0n) is 35.3. The van der Waals surface area contributed by atoms with E-state index in [0.717, 1.165) is 34.6 Å². The number of benzene rings is 1. The van der Waals surface area contributed by atoms with Crippen molar-refractivity contribution in [2.24, 2.45) is 0 Å². The third-order valence-corrected chi connectivity index (χ3v) is 8.71. The normalized spacial score (nSPS) is 14.6. The average molecular weight is 906 g/mol. The fraction of sp³-hybridized carbons (Fsp3) is 0.525. The van der Waals surface area contributed by atoms with Crippen LogP contribution in [0.4, 0.5) is 0 Å². The van der Waals surface area contributed by atoms with E-state index in [1.54, 1.807) is 13.8 Å². The summed E-state index contributed by atoms with van der Waals surface area (Å²) >= 11 is 12.4. The number of hydrogen-bond donors (Lipinski definition) is 0. The van der Waals surface area contributed by atoms with E-state index >= 15 is 0 Å². The van der Waals surface area contributed by atoms with Crippen LogP contribution in [0.15, 0.2) is 36.6 Å². The summed E-state index contributed by atoms with van der Waals surface area (Å²) in [6, 6.07) is 2.66. The molecule has 0 radical (unpaired) electrons. The number of carbonyl (C=O) groups is 9. The van der Waals surface area contributed by atoms with Crippen LogP contribution in [-0.2, 0) is 81.0 Å². The predicted molar refractivity (Wildman–Crippen MR) is 211 cm³/mol. The van der Waals surface area contributed by atoms with Crippen molar-refractivity contribution in [2.75, 3.05) is 13.2 Å². The molecular formula is C40H50Cl2O19. The summed E-state index contributed by atoms with van der Waals surface area (Å²) in [6.45, 7) is 19.6. The van der Waals surface area contributed by atoms with Crippen LogP contribution in [-0.4, -0.2) is 116 Å². The Morgan fingerprint density at radius 1 is 0.508 bits per heavy atom.